The van der Waals surface area contributed by atoms with Crippen LogP contribution < -0.4 is 10.2 Å². The first kappa shape index (κ1) is 12.2. The second-order valence-electron chi connectivity index (χ2n) is 5.13. The van der Waals surface area contributed by atoms with Gasteiger partial charge in [-0.2, -0.15) is 0 Å². The number of carbonyl (C=O) groups is 2. The maximum atomic E-state index is 11.5. The van der Waals surface area contributed by atoms with E-state index in [2.05, 4.69) is 10.2 Å². The van der Waals surface area contributed by atoms with Crippen molar-refractivity contribution in [1.82, 2.24) is 0 Å². The number of fused-ring (bicyclic) bond motifs is 1. The molecule has 5 heteroatoms. The molecule has 2 aliphatic heterocycles. The SMILES string of the molecule is O=C1Nc2cc(N3CCC(CCO)C3)ccc2C1=O. The van der Waals surface area contributed by atoms with Gasteiger partial charge in [0.15, 0.2) is 0 Å². The number of aliphatic hydroxyl groups is 1. The van der Waals surface area contributed by atoms with Gasteiger partial charge in [0.05, 0.1) is 11.3 Å². The normalized spacial score (nSPS) is 21.7. The summed E-state index contributed by atoms with van der Waals surface area (Å²) in [5.74, 6) is -0.484. The summed E-state index contributed by atoms with van der Waals surface area (Å²) in [6.45, 7) is 2.10. The molecule has 0 radical (unpaired) electrons. The monoisotopic (exact) mass is 260 g/mol. The standard InChI is InChI=1S/C14H16N2O3/c17-6-4-9-3-5-16(8-9)10-1-2-11-12(7-10)15-14(19)13(11)18/h1-2,7,9,17H,3-6,8H2,(H,15,18,19). The molecular weight excluding hydrogens is 244 g/mol. The highest BCUT2D eigenvalue weighted by molar-refractivity contribution is 6.51. The Morgan fingerprint density at radius 3 is 3.00 bits per heavy atom. The molecule has 1 saturated heterocycles. The minimum Gasteiger partial charge on any atom is -0.396 e. The van der Waals surface area contributed by atoms with Gasteiger partial charge in [0, 0.05) is 25.4 Å². The highest BCUT2D eigenvalue weighted by Gasteiger charge is 2.29. The van der Waals surface area contributed by atoms with Crippen molar-refractivity contribution in [2.75, 3.05) is 29.9 Å². The highest BCUT2D eigenvalue weighted by atomic mass is 16.3. The van der Waals surface area contributed by atoms with Crippen LogP contribution in [0, 0.1) is 5.92 Å². The molecule has 100 valence electrons. The van der Waals surface area contributed by atoms with E-state index in [-0.39, 0.29) is 6.61 Å². The molecule has 0 aromatic heterocycles. The fourth-order valence-electron chi connectivity index (χ4n) is 2.82. The molecule has 0 bridgehead atoms. The van der Waals surface area contributed by atoms with Crippen molar-refractivity contribution in [3.8, 4) is 0 Å². The van der Waals surface area contributed by atoms with Gasteiger partial charge < -0.3 is 15.3 Å². The molecular formula is C14H16N2O3. The number of hydrogen-bond donors (Lipinski definition) is 2. The summed E-state index contributed by atoms with van der Waals surface area (Å²) in [5, 5.41) is 11.6. The molecule has 2 aliphatic rings. The molecule has 19 heavy (non-hydrogen) atoms. The summed E-state index contributed by atoms with van der Waals surface area (Å²) in [7, 11) is 0. The maximum absolute atomic E-state index is 11.5. The quantitative estimate of drug-likeness (QED) is 0.796. The lowest BCUT2D eigenvalue weighted by Crippen LogP contribution is -2.19. The van der Waals surface area contributed by atoms with E-state index in [4.69, 9.17) is 5.11 Å². The topological polar surface area (TPSA) is 69.6 Å². The Balaban J connectivity index is 1.79. The van der Waals surface area contributed by atoms with Gasteiger partial charge in [-0.25, -0.2) is 0 Å². The van der Waals surface area contributed by atoms with Gasteiger partial charge in [0.2, 0.25) is 0 Å². The molecule has 1 unspecified atom stereocenters. The number of ketones is 1. The van der Waals surface area contributed by atoms with Gasteiger partial charge >= 0.3 is 0 Å². The van der Waals surface area contributed by atoms with Crippen LogP contribution in [0.4, 0.5) is 11.4 Å². The maximum Gasteiger partial charge on any atom is 0.296 e. The summed E-state index contributed by atoms with van der Waals surface area (Å²) in [5.41, 5.74) is 2.09. The lowest BCUT2D eigenvalue weighted by Gasteiger charge is -2.19. The van der Waals surface area contributed by atoms with E-state index in [0.29, 0.717) is 17.2 Å². The van der Waals surface area contributed by atoms with Crippen LogP contribution in [0.2, 0.25) is 0 Å². The van der Waals surface area contributed by atoms with Crippen LogP contribution in [-0.2, 0) is 4.79 Å². The van der Waals surface area contributed by atoms with E-state index in [1.807, 2.05) is 12.1 Å². The molecule has 1 amide bonds. The van der Waals surface area contributed by atoms with E-state index >= 15 is 0 Å². The highest BCUT2D eigenvalue weighted by Crippen LogP contribution is 2.31. The largest absolute Gasteiger partial charge is 0.396 e. The fourth-order valence-corrected chi connectivity index (χ4v) is 2.82. The number of rotatable bonds is 3. The van der Waals surface area contributed by atoms with E-state index in [0.717, 1.165) is 31.6 Å². The average Bonchev–Trinajstić information content (AvgIpc) is 2.96. The smallest absolute Gasteiger partial charge is 0.296 e. The first-order chi connectivity index (χ1) is 9.19. The van der Waals surface area contributed by atoms with E-state index in [1.54, 1.807) is 6.07 Å². The fraction of sp³-hybridized carbons (Fsp3) is 0.429. The van der Waals surface area contributed by atoms with Crippen LogP contribution in [0.25, 0.3) is 0 Å². The number of Topliss-reactive ketones (excluding diaryl/α,β-unsaturated/α-hetero) is 1. The third-order valence-corrected chi connectivity index (χ3v) is 3.89. The zero-order chi connectivity index (χ0) is 13.4. The number of hydrogen-bond acceptors (Lipinski definition) is 4. The van der Waals surface area contributed by atoms with Crippen molar-refractivity contribution in [1.29, 1.82) is 0 Å². The van der Waals surface area contributed by atoms with Crippen LogP contribution in [0.3, 0.4) is 0 Å². The number of anilines is 2. The summed E-state index contributed by atoms with van der Waals surface area (Å²) in [4.78, 5) is 25.0. The van der Waals surface area contributed by atoms with Crippen molar-refractivity contribution in [3.05, 3.63) is 23.8 Å². The van der Waals surface area contributed by atoms with Crippen molar-refractivity contribution < 1.29 is 14.7 Å². The Labute approximate surface area is 111 Å². The molecule has 1 aromatic carbocycles. The Morgan fingerprint density at radius 2 is 2.21 bits per heavy atom. The molecule has 2 heterocycles. The third kappa shape index (κ3) is 2.10. The first-order valence-electron chi connectivity index (χ1n) is 6.54. The number of benzene rings is 1. The predicted molar refractivity (Wildman–Crippen MR) is 71.4 cm³/mol. The molecule has 2 N–H and O–H groups in total. The summed E-state index contributed by atoms with van der Waals surface area (Å²) < 4.78 is 0. The third-order valence-electron chi connectivity index (χ3n) is 3.89. The van der Waals surface area contributed by atoms with E-state index in [1.165, 1.54) is 0 Å². The lowest BCUT2D eigenvalue weighted by molar-refractivity contribution is -0.112. The zero-order valence-electron chi connectivity index (χ0n) is 10.6. The predicted octanol–water partition coefficient (Wildman–Crippen LogP) is 1.03. The molecule has 3 rings (SSSR count). The Hall–Kier alpha value is -1.88. The Morgan fingerprint density at radius 1 is 1.37 bits per heavy atom. The number of nitrogens with one attached hydrogen (secondary N) is 1. The van der Waals surface area contributed by atoms with Crippen molar-refractivity contribution in [3.63, 3.8) is 0 Å². The average molecular weight is 260 g/mol. The molecule has 1 aromatic rings. The molecule has 1 fully saturated rings. The second-order valence-corrected chi connectivity index (χ2v) is 5.13. The number of carbonyl (C=O) groups excluding carboxylic acids is 2. The molecule has 0 saturated carbocycles. The molecule has 0 aliphatic carbocycles. The zero-order valence-corrected chi connectivity index (χ0v) is 10.6. The minimum atomic E-state index is -0.549. The summed E-state index contributed by atoms with van der Waals surface area (Å²) in [6.07, 6.45) is 1.90. The van der Waals surface area contributed by atoms with Gasteiger partial charge in [-0.05, 0) is 37.0 Å². The summed E-state index contributed by atoms with van der Waals surface area (Å²) in [6, 6.07) is 5.46. The van der Waals surface area contributed by atoms with Crippen molar-refractivity contribution in [2.24, 2.45) is 5.92 Å². The van der Waals surface area contributed by atoms with Crippen molar-refractivity contribution in [2.45, 2.75) is 12.8 Å². The number of aliphatic hydroxyl groups excluding tert-OH is 1. The van der Waals surface area contributed by atoms with Gasteiger partial charge in [-0.3, -0.25) is 9.59 Å². The number of nitrogens with zero attached hydrogens (tertiary/aromatic N) is 1. The van der Waals surface area contributed by atoms with E-state index in [9.17, 15) is 9.59 Å². The van der Waals surface area contributed by atoms with Gasteiger partial charge in [-0.15, -0.1) is 0 Å². The van der Waals surface area contributed by atoms with Gasteiger partial charge in [0.25, 0.3) is 11.7 Å². The summed E-state index contributed by atoms with van der Waals surface area (Å²) >= 11 is 0. The first-order valence-corrected chi connectivity index (χ1v) is 6.54. The van der Waals surface area contributed by atoms with Gasteiger partial charge in [0.1, 0.15) is 0 Å². The molecule has 5 nitrogen and oxygen atoms in total. The van der Waals surface area contributed by atoms with Crippen LogP contribution in [0.1, 0.15) is 23.2 Å². The van der Waals surface area contributed by atoms with Crippen LogP contribution in [-0.4, -0.2) is 36.5 Å². The number of amides is 1. The minimum absolute atomic E-state index is 0.229. The van der Waals surface area contributed by atoms with E-state index < -0.39 is 11.7 Å². The Kier molecular flexibility index (Phi) is 2.98. The molecule has 0 spiro atoms. The van der Waals surface area contributed by atoms with Crippen LogP contribution in [0.5, 0.6) is 0 Å². The lowest BCUT2D eigenvalue weighted by atomic mass is 10.1. The molecule has 1 atom stereocenters. The van der Waals surface area contributed by atoms with Crippen molar-refractivity contribution >= 4 is 23.1 Å². The van der Waals surface area contributed by atoms with Crippen LogP contribution >= 0.6 is 0 Å². The second kappa shape index (κ2) is 4.66. The van der Waals surface area contributed by atoms with Gasteiger partial charge in [-0.1, -0.05) is 0 Å². The van der Waals surface area contributed by atoms with Crippen LogP contribution in [0.15, 0.2) is 18.2 Å². The Bertz CT molecular complexity index is 541.